The van der Waals surface area contributed by atoms with Gasteiger partial charge in [0.15, 0.2) is 0 Å². The van der Waals surface area contributed by atoms with Crippen molar-refractivity contribution >= 4 is 28.0 Å². The molecular formula is C13H19NO2S2. The molecule has 0 N–H and O–H groups in total. The highest BCUT2D eigenvalue weighted by molar-refractivity contribution is 7.85. The fraction of sp³-hybridized carbons (Fsp3) is 0.615. The summed E-state index contributed by atoms with van der Waals surface area (Å²) in [7, 11) is -0.771. The van der Waals surface area contributed by atoms with Gasteiger partial charge in [0, 0.05) is 40.3 Å². The van der Waals surface area contributed by atoms with E-state index in [1.165, 1.54) is 10.4 Å². The number of thiophene rings is 1. The van der Waals surface area contributed by atoms with Crippen LogP contribution in [0, 0.1) is 19.8 Å². The van der Waals surface area contributed by atoms with Gasteiger partial charge in [-0.3, -0.25) is 9.00 Å². The summed E-state index contributed by atoms with van der Waals surface area (Å²) >= 11 is 1.56. The molecule has 1 aliphatic heterocycles. The Kier molecular flexibility index (Phi) is 4.22. The first-order chi connectivity index (χ1) is 8.47. The summed E-state index contributed by atoms with van der Waals surface area (Å²) in [6.45, 7) is 7.47. The Labute approximate surface area is 115 Å². The fourth-order valence-electron chi connectivity index (χ4n) is 2.15. The first-order valence-corrected chi connectivity index (χ1v) is 8.49. The van der Waals surface area contributed by atoms with Gasteiger partial charge in [-0.05, 0) is 31.4 Å². The number of hydrogen-bond acceptors (Lipinski definition) is 3. The summed E-state index contributed by atoms with van der Waals surface area (Å²) < 4.78 is 11.6. The molecule has 2 atom stereocenters. The molecule has 3 nitrogen and oxygen atoms in total. The van der Waals surface area contributed by atoms with Crippen LogP contribution < -0.4 is 0 Å². The molecule has 2 rings (SSSR count). The molecule has 2 heterocycles. The summed E-state index contributed by atoms with van der Waals surface area (Å²) in [5, 5.41) is 0. The molecule has 1 aromatic heterocycles. The summed E-state index contributed by atoms with van der Waals surface area (Å²) in [6, 6.07) is 1.97. The van der Waals surface area contributed by atoms with Gasteiger partial charge in [0.1, 0.15) is 0 Å². The average Bonchev–Trinajstić information content (AvgIpc) is 2.53. The standard InChI is InChI=1S/C13H19NO2S2/c1-9-7-14(4-5-18(16)8-9)13(15)12-6-10(2)11(3)17-12/h6,9H,4-5,7-8H2,1-3H3/t9-,18+/m0/s1. The number of aryl methyl sites for hydroxylation is 2. The molecule has 1 fully saturated rings. The van der Waals surface area contributed by atoms with Gasteiger partial charge in [-0.25, -0.2) is 0 Å². The van der Waals surface area contributed by atoms with E-state index in [4.69, 9.17) is 0 Å². The Bertz CT molecular complexity index is 462. The van der Waals surface area contributed by atoms with Crippen LogP contribution in [-0.4, -0.2) is 39.6 Å². The first kappa shape index (κ1) is 13.7. The van der Waals surface area contributed by atoms with Crippen LogP contribution in [-0.2, 0) is 10.8 Å². The van der Waals surface area contributed by atoms with Crippen molar-refractivity contribution in [1.82, 2.24) is 4.90 Å². The van der Waals surface area contributed by atoms with Crippen molar-refractivity contribution in [3.8, 4) is 0 Å². The van der Waals surface area contributed by atoms with Crippen molar-refractivity contribution in [2.45, 2.75) is 20.8 Å². The van der Waals surface area contributed by atoms with Gasteiger partial charge in [0.05, 0.1) is 4.88 Å². The Balaban J connectivity index is 2.15. The maximum Gasteiger partial charge on any atom is 0.263 e. The Morgan fingerprint density at radius 3 is 2.83 bits per heavy atom. The largest absolute Gasteiger partial charge is 0.337 e. The van der Waals surface area contributed by atoms with Crippen LogP contribution in [0.3, 0.4) is 0 Å². The summed E-state index contributed by atoms with van der Waals surface area (Å²) in [6.07, 6.45) is 0. The second kappa shape index (κ2) is 5.53. The van der Waals surface area contributed by atoms with Gasteiger partial charge < -0.3 is 4.90 Å². The van der Waals surface area contributed by atoms with Crippen molar-refractivity contribution in [3.05, 3.63) is 21.4 Å². The van der Waals surface area contributed by atoms with E-state index in [1.54, 1.807) is 11.3 Å². The first-order valence-electron chi connectivity index (χ1n) is 6.18. The minimum Gasteiger partial charge on any atom is -0.337 e. The molecule has 0 saturated carbocycles. The normalized spacial score (nSPS) is 24.9. The van der Waals surface area contributed by atoms with E-state index in [9.17, 15) is 9.00 Å². The van der Waals surface area contributed by atoms with Crippen LogP contribution in [0.5, 0.6) is 0 Å². The zero-order valence-corrected chi connectivity index (χ0v) is 12.7. The van der Waals surface area contributed by atoms with Gasteiger partial charge in [-0.2, -0.15) is 0 Å². The van der Waals surface area contributed by atoms with E-state index < -0.39 is 10.8 Å². The minimum atomic E-state index is -0.771. The van der Waals surface area contributed by atoms with Gasteiger partial charge in [0.2, 0.25) is 0 Å². The Morgan fingerprint density at radius 1 is 1.50 bits per heavy atom. The lowest BCUT2D eigenvalue weighted by Gasteiger charge is -2.21. The highest BCUT2D eigenvalue weighted by atomic mass is 32.2. The van der Waals surface area contributed by atoms with Crippen LogP contribution >= 0.6 is 11.3 Å². The van der Waals surface area contributed by atoms with Crippen LogP contribution in [0.2, 0.25) is 0 Å². The highest BCUT2D eigenvalue weighted by Crippen LogP contribution is 2.23. The summed E-state index contributed by atoms with van der Waals surface area (Å²) in [4.78, 5) is 16.3. The molecule has 1 aliphatic rings. The zero-order valence-electron chi connectivity index (χ0n) is 11.1. The molecular weight excluding hydrogens is 266 g/mol. The zero-order chi connectivity index (χ0) is 13.3. The quantitative estimate of drug-likeness (QED) is 0.793. The number of rotatable bonds is 1. The maximum absolute atomic E-state index is 12.4. The third kappa shape index (κ3) is 3.01. The average molecular weight is 285 g/mol. The molecule has 1 saturated heterocycles. The van der Waals surface area contributed by atoms with E-state index >= 15 is 0 Å². The molecule has 100 valence electrons. The number of amides is 1. The fourth-order valence-corrected chi connectivity index (χ4v) is 4.48. The second-order valence-electron chi connectivity index (χ2n) is 5.02. The van der Waals surface area contributed by atoms with Crippen LogP contribution in [0.25, 0.3) is 0 Å². The predicted octanol–water partition coefficient (Wildman–Crippen LogP) is 2.21. The van der Waals surface area contributed by atoms with Gasteiger partial charge >= 0.3 is 0 Å². The lowest BCUT2D eigenvalue weighted by molar-refractivity contribution is 0.0756. The third-order valence-electron chi connectivity index (χ3n) is 3.26. The van der Waals surface area contributed by atoms with E-state index in [-0.39, 0.29) is 5.91 Å². The number of carbonyl (C=O) groups excluding carboxylic acids is 1. The minimum absolute atomic E-state index is 0.0990. The molecule has 0 unspecified atom stereocenters. The predicted molar refractivity (Wildman–Crippen MR) is 76.7 cm³/mol. The molecule has 0 aromatic carbocycles. The van der Waals surface area contributed by atoms with Crippen molar-refractivity contribution in [2.75, 3.05) is 24.6 Å². The van der Waals surface area contributed by atoms with E-state index in [0.29, 0.717) is 24.0 Å². The topological polar surface area (TPSA) is 37.4 Å². The third-order valence-corrected chi connectivity index (χ3v) is 5.97. The SMILES string of the molecule is Cc1cc(C(=O)N2CC[S@@](=O)C[C@@H](C)C2)sc1C. The molecule has 5 heteroatoms. The van der Waals surface area contributed by atoms with Gasteiger partial charge in [0.25, 0.3) is 5.91 Å². The lowest BCUT2D eigenvalue weighted by Crippen LogP contribution is -2.34. The monoisotopic (exact) mass is 285 g/mol. The Morgan fingerprint density at radius 2 is 2.22 bits per heavy atom. The smallest absolute Gasteiger partial charge is 0.263 e. The van der Waals surface area contributed by atoms with Gasteiger partial charge in [-0.15, -0.1) is 11.3 Å². The number of nitrogens with zero attached hydrogens (tertiary/aromatic N) is 1. The van der Waals surface area contributed by atoms with Crippen molar-refractivity contribution in [1.29, 1.82) is 0 Å². The van der Waals surface area contributed by atoms with Crippen molar-refractivity contribution in [3.63, 3.8) is 0 Å². The maximum atomic E-state index is 12.4. The molecule has 1 amide bonds. The van der Waals surface area contributed by atoms with Crippen LogP contribution in [0.4, 0.5) is 0 Å². The molecule has 0 spiro atoms. The van der Waals surface area contributed by atoms with E-state index in [2.05, 4.69) is 6.92 Å². The number of carbonyl (C=O) groups is 1. The molecule has 0 bridgehead atoms. The van der Waals surface area contributed by atoms with Crippen molar-refractivity contribution < 1.29 is 9.00 Å². The van der Waals surface area contributed by atoms with Crippen molar-refractivity contribution in [2.24, 2.45) is 5.92 Å². The molecule has 18 heavy (non-hydrogen) atoms. The second-order valence-corrected chi connectivity index (χ2v) is 7.89. The van der Waals surface area contributed by atoms with Gasteiger partial charge in [-0.1, -0.05) is 6.92 Å². The van der Waals surface area contributed by atoms with E-state index in [1.807, 2.05) is 24.8 Å². The van der Waals surface area contributed by atoms with Crippen LogP contribution in [0.1, 0.15) is 27.0 Å². The highest BCUT2D eigenvalue weighted by Gasteiger charge is 2.24. The molecule has 0 radical (unpaired) electrons. The number of hydrogen-bond donors (Lipinski definition) is 0. The Hall–Kier alpha value is -0.680. The van der Waals surface area contributed by atoms with Crippen LogP contribution in [0.15, 0.2) is 6.07 Å². The van der Waals surface area contributed by atoms with E-state index in [0.717, 1.165) is 11.4 Å². The molecule has 1 aromatic rings. The summed E-state index contributed by atoms with van der Waals surface area (Å²) in [5.41, 5.74) is 1.18. The lowest BCUT2D eigenvalue weighted by atomic mass is 10.2. The summed E-state index contributed by atoms with van der Waals surface area (Å²) in [5.74, 6) is 1.74. The molecule has 0 aliphatic carbocycles.